The molecule has 0 radical (unpaired) electrons. The van der Waals surface area contributed by atoms with Gasteiger partial charge in [-0.05, 0) is 12.8 Å². The number of amides is 1. The fourth-order valence-electron chi connectivity index (χ4n) is 1.67. The lowest BCUT2D eigenvalue weighted by Gasteiger charge is -2.17. The Morgan fingerprint density at radius 2 is 2.06 bits per heavy atom. The van der Waals surface area contributed by atoms with Crippen LogP contribution in [-0.2, 0) is 10.0 Å². The second-order valence-electron chi connectivity index (χ2n) is 4.66. The third kappa shape index (κ3) is 3.33. The number of hydrogen-bond donors (Lipinski definition) is 1. The van der Waals surface area contributed by atoms with Gasteiger partial charge in [0.1, 0.15) is 10.7 Å². The van der Waals surface area contributed by atoms with Crippen molar-refractivity contribution < 1.29 is 17.6 Å². The Balaban J connectivity index is 3.02. The summed E-state index contributed by atoms with van der Waals surface area (Å²) in [5.41, 5.74) is 0. The molecule has 0 aliphatic heterocycles. The average Bonchev–Trinajstić information content (AvgIpc) is 2.57. The zero-order valence-corrected chi connectivity index (χ0v) is 11.7. The summed E-state index contributed by atoms with van der Waals surface area (Å²) in [7, 11) is -2.22. The van der Waals surface area contributed by atoms with Crippen molar-refractivity contribution in [2.45, 2.75) is 25.7 Å². The highest BCUT2D eigenvalue weighted by Gasteiger charge is 2.23. The molecule has 0 fully saturated rings. The number of nitrogens with zero attached hydrogens (tertiary/aromatic N) is 1. The molecular formula is C11H18N2O4S. The van der Waals surface area contributed by atoms with Crippen molar-refractivity contribution in [1.29, 1.82) is 0 Å². The Kier molecular flexibility index (Phi) is 4.18. The van der Waals surface area contributed by atoms with Crippen LogP contribution in [0.4, 0.5) is 0 Å². The second kappa shape index (κ2) is 5.11. The van der Waals surface area contributed by atoms with E-state index in [9.17, 15) is 13.2 Å². The van der Waals surface area contributed by atoms with Gasteiger partial charge in [-0.15, -0.1) is 0 Å². The molecule has 6 nitrogen and oxygen atoms in total. The van der Waals surface area contributed by atoms with Crippen molar-refractivity contribution in [2.24, 2.45) is 11.1 Å². The lowest BCUT2D eigenvalue weighted by Crippen LogP contribution is -2.29. The molecule has 0 bridgehead atoms. The molecule has 2 N–H and O–H groups in total. The van der Waals surface area contributed by atoms with Gasteiger partial charge in [0.25, 0.3) is 5.91 Å². The van der Waals surface area contributed by atoms with E-state index in [-0.39, 0.29) is 22.3 Å². The summed E-state index contributed by atoms with van der Waals surface area (Å²) < 4.78 is 27.6. The molecule has 0 atom stereocenters. The number of hydrogen-bond acceptors (Lipinski definition) is 4. The predicted molar refractivity (Wildman–Crippen MR) is 66.6 cm³/mol. The molecule has 1 amide bonds. The number of sulfonamides is 1. The van der Waals surface area contributed by atoms with E-state index in [0.29, 0.717) is 12.5 Å². The Morgan fingerprint density at radius 1 is 1.50 bits per heavy atom. The second-order valence-corrected chi connectivity index (χ2v) is 6.19. The summed E-state index contributed by atoms with van der Waals surface area (Å²) in [5, 5.41) is 5.02. The van der Waals surface area contributed by atoms with Gasteiger partial charge in [0, 0.05) is 19.7 Å². The topological polar surface area (TPSA) is 93.6 Å². The number of aryl methyl sites for hydroxylation is 1. The smallest absolute Gasteiger partial charge is 0.289 e. The number of primary sulfonamides is 1. The molecule has 0 aliphatic rings. The maximum absolute atomic E-state index is 12.0. The van der Waals surface area contributed by atoms with E-state index in [1.807, 2.05) is 13.8 Å². The van der Waals surface area contributed by atoms with Gasteiger partial charge >= 0.3 is 0 Å². The maximum Gasteiger partial charge on any atom is 0.289 e. The first-order chi connectivity index (χ1) is 8.12. The van der Waals surface area contributed by atoms with Crippen LogP contribution in [0.3, 0.4) is 0 Å². The summed E-state index contributed by atoms with van der Waals surface area (Å²) in [6, 6.07) is 1.17. The van der Waals surface area contributed by atoms with E-state index >= 15 is 0 Å². The molecule has 1 aromatic heterocycles. The van der Waals surface area contributed by atoms with Gasteiger partial charge in [-0.2, -0.15) is 0 Å². The zero-order chi connectivity index (χ0) is 14.1. The van der Waals surface area contributed by atoms with E-state index in [1.54, 1.807) is 7.05 Å². The molecular weight excluding hydrogens is 256 g/mol. The highest BCUT2D eigenvalue weighted by molar-refractivity contribution is 7.89. The Bertz CT molecular complexity index is 545. The highest BCUT2D eigenvalue weighted by atomic mass is 32.2. The molecule has 0 unspecified atom stereocenters. The molecule has 0 saturated heterocycles. The SMILES string of the molecule is Cc1oc(C(=O)N(C)CC(C)C)cc1S(N)(=O)=O. The monoisotopic (exact) mass is 274 g/mol. The van der Waals surface area contributed by atoms with E-state index in [4.69, 9.17) is 9.56 Å². The first kappa shape index (κ1) is 14.7. The highest BCUT2D eigenvalue weighted by Crippen LogP contribution is 2.19. The molecule has 0 aliphatic carbocycles. The largest absolute Gasteiger partial charge is 0.455 e. The zero-order valence-electron chi connectivity index (χ0n) is 10.9. The Labute approximate surface area is 107 Å². The third-order valence-corrected chi connectivity index (χ3v) is 3.39. The molecule has 102 valence electrons. The van der Waals surface area contributed by atoms with Gasteiger partial charge in [-0.1, -0.05) is 13.8 Å². The van der Waals surface area contributed by atoms with Crippen molar-refractivity contribution in [1.82, 2.24) is 4.90 Å². The van der Waals surface area contributed by atoms with Crippen LogP contribution < -0.4 is 5.14 Å². The van der Waals surface area contributed by atoms with Crippen LogP contribution in [0.1, 0.15) is 30.2 Å². The van der Waals surface area contributed by atoms with Crippen LogP contribution in [-0.4, -0.2) is 32.8 Å². The molecule has 0 aromatic carbocycles. The van der Waals surface area contributed by atoms with Crippen molar-refractivity contribution in [3.05, 3.63) is 17.6 Å². The van der Waals surface area contributed by atoms with Crippen LogP contribution in [0, 0.1) is 12.8 Å². The minimum Gasteiger partial charge on any atom is -0.455 e. The van der Waals surface area contributed by atoms with Gasteiger partial charge in [-0.3, -0.25) is 4.79 Å². The summed E-state index contributed by atoms with van der Waals surface area (Å²) in [5.74, 6) is 0.0629. The summed E-state index contributed by atoms with van der Waals surface area (Å²) in [6.45, 7) is 5.97. The number of carbonyl (C=O) groups is 1. The van der Waals surface area contributed by atoms with E-state index < -0.39 is 10.0 Å². The van der Waals surface area contributed by atoms with Crippen molar-refractivity contribution in [3.8, 4) is 0 Å². The fourth-order valence-corrected chi connectivity index (χ4v) is 2.39. The van der Waals surface area contributed by atoms with Gasteiger partial charge in [0.05, 0.1) is 0 Å². The summed E-state index contributed by atoms with van der Waals surface area (Å²) in [6.07, 6.45) is 0. The van der Waals surface area contributed by atoms with Gasteiger partial charge in [-0.25, -0.2) is 13.6 Å². The quantitative estimate of drug-likeness (QED) is 0.885. The first-order valence-electron chi connectivity index (χ1n) is 5.51. The van der Waals surface area contributed by atoms with Crippen LogP contribution in [0.15, 0.2) is 15.4 Å². The minimum atomic E-state index is -3.86. The average molecular weight is 274 g/mol. The lowest BCUT2D eigenvalue weighted by molar-refractivity contribution is 0.0746. The van der Waals surface area contributed by atoms with Gasteiger partial charge in [0.2, 0.25) is 10.0 Å². The number of nitrogens with two attached hydrogens (primary N) is 1. The molecule has 18 heavy (non-hydrogen) atoms. The van der Waals surface area contributed by atoms with Gasteiger partial charge in [0.15, 0.2) is 5.76 Å². The fraction of sp³-hybridized carbons (Fsp3) is 0.545. The maximum atomic E-state index is 12.0. The normalized spacial score (nSPS) is 11.9. The molecule has 1 heterocycles. The lowest BCUT2D eigenvalue weighted by atomic mass is 10.2. The molecule has 1 aromatic rings. The number of carbonyl (C=O) groups excluding carboxylic acids is 1. The molecule has 0 saturated carbocycles. The Morgan fingerprint density at radius 3 is 2.44 bits per heavy atom. The number of rotatable bonds is 4. The Hall–Kier alpha value is -1.34. The van der Waals surface area contributed by atoms with E-state index in [1.165, 1.54) is 17.9 Å². The number of furan rings is 1. The first-order valence-corrected chi connectivity index (χ1v) is 7.06. The van der Waals surface area contributed by atoms with Crippen molar-refractivity contribution in [3.63, 3.8) is 0 Å². The van der Waals surface area contributed by atoms with Crippen molar-refractivity contribution >= 4 is 15.9 Å². The molecule has 0 spiro atoms. The predicted octanol–water partition coefficient (Wildman–Crippen LogP) is 0.963. The van der Waals surface area contributed by atoms with Gasteiger partial charge < -0.3 is 9.32 Å². The van der Waals surface area contributed by atoms with Crippen LogP contribution in [0.2, 0.25) is 0 Å². The standard InChI is InChI=1S/C11H18N2O4S/c1-7(2)6-13(4)11(14)9-5-10(8(3)17-9)18(12,15)16/h5,7H,6H2,1-4H3,(H2,12,15,16). The van der Waals surface area contributed by atoms with Crippen molar-refractivity contribution in [2.75, 3.05) is 13.6 Å². The molecule has 7 heteroatoms. The van der Waals surface area contributed by atoms with Crippen LogP contribution in [0.5, 0.6) is 0 Å². The minimum absolute atomic E-state index is 0.0142. The summed E-state index contributed by atoms with van der Waals surface area (Å²) >= 11 is 0. The van der Waals surface area contributed by atoms with E-state index in [2.05, 4.69) is 0 Å². The van der Waals surface area contributed by atoms with Crippen LogP contribution in [0.25, 0.3) is 0 Å². The molecule has 1 rings (SSSR count). The summed E-state index contributed by atoms with van der Waals surface area (Å²) in [4.78, 5) is 13.3. The van der Waals surface area contributed by atoms with Crippen LogP contribution >= 0.6 is 0 Å². The third-order valence-electron chi connectivity index (χ3n) is 2.38. The van der Waals surface area contributed by atoms with E-state index in [0.717, 1.165) is 0 Å².